The van der Waals surface area contributed by atoms with Crippen molar-refractivity contribution < 1.29 is 19.1 Å². The van der Waals surface area contributed by atoms with Crippen LogP contribution in [0.15, 0.2) is 36.4 Å². The van der Waals surface area contributed by atoms with E-state index in [2.05, 4.69) is 22.3 Å². The fourth-order valence-corrected chi connectivity index (χ4v) is 4.29. The summed E-state index contributed by atoms with van der Waals surface area (Å²) in [6, 6.07) is 11.1. The molecule has 1 N–H and O–H groups in total. The Hall–Kier alpha value is -2.64. The monoisotopic (exact) mass is 469 g/mol. The molecule has 1 fully saturated rings. The molecule has 1 aliphatic rings. The Labute approximate surface area is 203 Å². The number of anilines is 1. The lowest BCUT2D eigenvalue weighted by molar-refractivity contribution is -0.159. The summed E-state index contributed by atoms with van der Waals surface area (Å²) in [6.45, 7) is 14.5. The van der Waals surface area contributed by atoms with Gasteiger partial charge in [-0.1, -0.05) is 30.3 Å². The molecular formula is C27H39N3O4. The second-order valence-corrected chi connectivity index (χ2v) is 9.64. The third kappa shape index (κ3) is 6.70. The lowest BCUT2D eigenvalue weighted by atomic mass is 9.99. The van der Waals surface area contributed by atoms with Gasteiger partial charge in [-0.15, -0.1) is 0 Å². The maximum Gasteiger partial charge on any atom is 0.339 e. The molecule has 186 valence electrons. The first-order chi connectivity index (χ1) is 16.2. The third-order valence-corrected chi connectivity index (χ3v) is 6.09. The maximum atomic E-state index is 13.4. The number of hydrogen-bond acceptors (Lipinski definition) is 6. The molecule has 1 saturated heterocycles. The minimum absolute atomic E-state index is 0.272. The van der Waals surface area contributed by atoms with Gasteiger partial charge in [-0.05, 0) is 63.4 Å². The van der Waals surface area contributed by atoms with Crippen LogP contribution < -0.4 is 5.32 Å². The van der Waals surface area contributed by atoms with Crippen LogP contribution in [0.5, 0.6) is 0 Å². The highest BCUT2D eigenvalue weighted by molar-refractivity contribution is 6.05. The second-order valence-electron chi connectivity index (χ2n) is 9.64. The molecule has 7 heteroatoms. The van der Waals surface area contributed by atoms with Crippen molar-refractivity contribution in [2.24, 2.45) is 0 Å². The van der Waals surface area contributed by atoms with Crippen molar-refractivity contribution in [3.8, 4) is 0 Å². The van der Waals surface area contributed by atoms with Crippen molar-refractivity contribution in [2.75, 3.05) is 51.3 Å². The predicted molar refractivity (Wildman–Crippen MR) is 136 cm³/mol. The van der Waals surface area contributed by atoms with Crippen molar-refractivity contribution in [3.63, 3.8) is 0 Å². The molecule has 1 heterocycles. The van der Waals surface area contributed by atoms with E-state index in [0.717, 1.165) is 61.3 Å². The quantitative estimate of drug-likeness (QED) is 0.446. The molecule has 1 atom stereocenters. The molecule has 3 rings (SSSR count). The molecule has 0 bridgehead atoms. The van der Waals surface area contributed by atoms with Gasteiger partial charge in [0.05, 0.1) is 13.2 Å². The number of ether oxygens (including phenoxy) is 2. The summed E-state index contributed by atoms with van der Waals surface area (Å²) < 4.78 is 11.1. The van der Waals surface area contributed by atoms with Crippen LogP contribution in [0.2, 0.25) is 0 Å². The van der Waals surface area contributed by atoms with Gasteiger partial charge in [0.2, 0.25) is 6.04 Å². The van der Waals surface area contributed by atoms with E-state index >= 15 is 0 Å². The number of benzene rings is 2. The highest BCUT2D eigenvalue weighted by Crippen LogP contribution is 2.28. The van der Waals surface area contributed by atoms with Gasteiger partial charge in [0.1, 0.15) is 5.60 Å². The number of likely N-dealkylation sites (N-methyl/N-ethyl adjacent to an activating group) is 1. The van der Waals surface area contributed by atoms with Gasteiger partial charge < -0.3 is 19.7 Å². The van der Waals surface area contributed by atoms with Gasteiger partial charge in [0.15, 0.2) is 0 Å². The number of nitrogens with zero attached hydrogens (tertiary/aromatic N) is 2. The Morgan fingerprint density at radius 1 is 1.09 bits per heavy atom. The zero-order valence-corrected chi connectivity index (χ0v) is 21.2. The molecular weight excluding hydrogens is 430 g/mol. The summed E-state index contributed by atoms with van der Waals surface area (Å²) in [5, 5.41) is 5.55. The van der Waals surface area contributed by atoms with E-state index in [1.165, 1.54) is 0 Å². The van der Waals surface area contributed by atoms with Crippen molar-refractivity contribution in [1.29, 1.82) is 0 Å². The minimum Gasteiger partial charge on any atom is -0.458 e. The molecule has 0 saturated carbocycles. The summed E-state index contributed by atoms with van der Waals surface area (Å²) in [5.74, 6) is -0.830. The van der Waals surface area contributed by atoms with Gasteiger partial charge in [0.25, 0.3) is 5.91 Å². The zero-order chi connectivity index (χ0) is 24.7. The molecule has 2 aromatic rings. The molecule has 1 aliphatic heterocycles. The van der Waals surface area contributed by atoms with Gasteiger partial charge >= 0.3 is 5.97 Å². The fraction of sp³-hybridized carbons (Fsp3) is 0.556. The molecule has 0 aliphatic carbocycles. The molecule has 34 heavy (non-hydrogen) atoms. The largest absolute Gasteiger partial charge is 0.458 e. The number of amides is 1. The number of nitrogens with one attached hydrogen (secondary N) is 1. The molecule has 1 unspecified atom stereocenters. The molecule has 0 spiro atoms. The number of rotatable bonds is 9. The summed E-state index contributed by atoms with van der Waals surface area (Å²) in [4.78, 5) is 30.6. The second kappa shape index (κ2) is 11.7. The van der Waals surface area contributed by atoms with Crippen molar-refractivity contribution in [1.82, 2.24) is 9.80 Å². The van der Waals surface area contributed by atoms with Crippen molar-refractivity contribution in [2.45, 2.75) is 52.7 Å². The summed E-state index contributed by atoms with van der Waals surface area (Å²) in [7, 11) is 0. The Balaban J connectivity index is 1.95. The Morgan fingerprint density at radius 3 is 2.41 bits per heavy atom. The third-order valence-electron chi connectivity index (χ3n) is 6.09. The lowest BCUT2D eigenvalue weighted by Crippen LogP contribution is -2.49. The van der Waals surface area contributed by atoms with Crippen LogP contribution in [-0.2, 0) is 25.5 Å². The lowest BCUT2D eigenvalue weighted by Gasteiger charge is -2.30. The van der Waals surface area contributed by atoms with Crippen LogP contribution in [0.3, 0.4) is 0 Å². The average Bonchev–Trinajstić information content (AvgIpc) is 2.81. The highest BCUT2D eigenvalue weighted by Gasteiger charge is 2.34. The molecule has 2 aromatic carbocycles. The number of hydrogen-bond donors (Lipinski definition) is 1. The Bertz CT molecular complexity index is 975. The van der Waals surface area contributed by atoms with E-state index < -0.39 is 17.6 Å². The van der Waals surface area contributed by atoms with Gasteiger partial charge in [0, 0.05) is 38.4 Å². The predicted octanol–water partition coefficient (Wildman–Crippen LogP) is 3.71. The number of carbonyl (C=O) groups is 2. The number of fused-ring (bicyclic) bond motifs is 1. The zero-order valence-electron chi connectivity index (χ0n) is 21.2. The average molecular weight is 470 g/mol. The Morgan fingerprint density at radius 2 is 1.76 bits per heavy atom. The normalized spacial score (nSPS) is 15.7. The molecule has 7 nitrogen and oxygen atoms in total. The summed E-state index contributed by atoms with van der Waals surface area (Å²) >= 11 is 0. The first-order valence-corrected chi connectivity index (χ1v) is 12.3. The first kappa shape index (κ1) is 26.0. The Kier molecular flexibility index (Phi) is 8.91. The van der Waals surface area contributed by atoms with Crippen LogP contribution in [0, 0.1) is 0 Å². The number of carbonyl (C=O) groups excluding carboxylic acids is 2. The van der Waals surface area contributed by atoms with E-state index in [-0.39, 0.29) is 5.91 Å². The summed E-state index contributed by atoms with van der Waals surface area (Å²) in [6.07, 6.45) is 0.796. The van der Waals surface area contributed by atoms with Crippen LogP contribution in [0.25, 0.3) is 10.8 Å². The van der Waals surface area contributed by atoms with Crippen LogP contribution >= 0.6 is 0 Å². The topological polar surface area (TPSA) is 71.1 Å². The van der Waals surface area contributed by atoms with Crippen molar-refractivity contribution >= 4 is 28.3 Å². The van der Waals surface area contributed by atoms with Gasteiger partial charge in [-0.2, -0.15) is 0 Å². The fourth-order valence-electron chi connectivity index (χ4n) is 4.29. The smallest absolute Gasteiger partial charge is 0.339 e. The van der Waals surface area contributed by atoms with Crippen LogP contribution in [0.4, 0.5) is 5.69 Å². The van der Waals surface area contributed by atoms with E-state index in [9.17, 15) is 9.59 Å². The van der Waals surface area contributed by atoms with Crippen molar-refractivity contribution in [3.05, 3.63) is 42.0 Å². The number of esters is 1. The van der Waals surface area contributed by atoms with E-state index in [1.54, 1.807) is 4.90 Å². The van der Waals surface area contributed by atoms with Gasteiger partial charge in [-0.25, -0.2) is 4.79 Å². The standard InChI is InChI=1S/C27H39N3O4/c1-6-30(7-2)25(31)24(26(32)34-27(3,4)5)28-23-13-12-20-10-8-9-11-21(20)22(23)14-15-29-16-18-33-19-17-29/h8-13,24,28H,6-7,14-19H2,1-5H3. The van der Waals surface area contributed by atoms with E-state index in [4.69, 9.17) is 9.47 Å². The highest BCUT2D eigenvalue weighted by atomic mass is 16.6. The molecule has 0 radical (unpaired) electrons. The molecule has 1 amide bonds. The SMILES string of the molecule is CCN(CC)C(=O)C(Nc1ccc2ccccc2c1CCN1CCOCC1)C(=O)OC(C)(C)C. The molecule has 0 aromatic heterocycles. The minimum atomic E-state index is -1.11. The maximum absolute atomic E-state index is 13.4. The number of morpholine rings is 1. The van der Waals surface area contributed by atoms with E-state index in [0.29, 0.717) is 13.1 Å². The van der Waals surface area contributed by atoms with Crippen LogP contribution in [0.1, 0.15) is 40.2 Å². The van der Waals surface area contributed by atoms with E-state index in [1.807, 2.05) is 58.9 Å². The summed E-state index contributed by atoms with van der Waals surface area (Å²) in [5.41, 5.74) is 1.21. The van der Waals surface area contributed by atoms with Gasteiger partial charge in [-0.3, -0.25) is 9.69 Å². The van der Waals surface area contributed by atoms with Crippen LogP contribution in [-0.4, -0.2) is 79.3 Å². The first-order valence-electron chi connectivity index (χ1n) is 12.3.